The predicted octanol–water partition coefficient (Wildman–Crippen LogP) is 2.71. The third-order valence-electron chi connectivity index (χ3n) is 3.44. The van der Waals surface area contributed by atoms with Gasteiger partial charge in [-0.1, -0.05) is 11.6 Å². The van der Waals surface area contributed by atoms with Gasteiger partial charge in [-0.25, -0.2) is 4.98 Å². The van der Waals surface area contributed by atoms with Gasteiger partial charge in [0, 0.05) is 18.3 Å². The number of carbonyl (C=O) groups is 1. The molecule has 0 saturated heterocycles. The van der Waals surface area contributed by atoms with E-state index in [1.807, 2.05) is 6.92 Å². The van der Waals surface area contributed by atoms with Crippen molar-refractivity contribution < 1.29 is 9.53 Å². The molecule has 1 amide bonds. The van der Waals surface area contributed by atoms with Crippen LogP contribution in [0.25, 0.3) is 0 Å². The summed E-state index contributed by atoms with van der Waals surface area (Å²) < 4.78 is 4.97. The average Bonchev–Trinajstić information content (AvgIpc) is 2.48. The van der Waals surface area contributed by atoms with Crippen LogP contribution in [0.15, 0.2) is 30.0 Å². The maximum absolute atomic E-state index is 12.1. The van der Waals surface area contributed by atoms with Gasteiger partial charge in [-0.3, -0.25) is 4.79 Å². The molecule has 1 aromatic rings. The minimum atomic E-state index is -0.0888. The first-order valence-corrected chi connectivity index (χ1v) is 6.70. The first-order chi connectivity index (χ1) is 9.20. The van der Waals surface area contributed by atoms with Crippen LogP contribution in [-0.2, 0) is 0 Å². The maximum atomic E-state index is 12.1. The van der Waals surface area contributed by atoms with Crippen LogP contribution < -0.4 is 10.1 Å². The van der Waals surface area contributed by atoms with E-state index in [1.165, 1.54) is 24.6 Å². The van der Waals surface area contributed by atoms with Crippen molar-refractivity contribution >= 4 is 5.91 Å². The number of rotatable bonds is 4. The molecule has 4 nitrogen and oxygen atoms in total. The molecule has 102 valence electrons. The Bertz CT molecular complexity index is 466. The third kappa shape index (κ3) is 3.56. The Morgan fingerprint density at radius 3 is 2.84 bits per heavy atom. The Labute approximate surface area is 113 Å². The molecule has 0 bridgehead atoms. The van der Waals surface area contributed by atoms with Gasteiger partial charge in [-0.2, -0.15) is 0 Å². The Morgan fingerprint density at radius 2 is 2.26 bits per heavy atom. The van der Waals surface area contributed by atoms with E-state index in [0.717, 1.165) is 12.8 Å². The highest BCUT2D eigenvalue weighted by atomic mass is 16.5. The Balaban J connectivity index is 1.97. The molecule has 19 heavy (non-hydrogen) atoms. The Morgan fingerprint density at radius 1 is 1.42 bits per heavy atom. The molecule has 1 aromatic heterocycles. The normalized spacial score (nSPS) is 16.4. The number of hydrogen-bond acceptors (Lipinski definition) is 3. The van der Waals surface area contributed by atoms with Gasteiger partial charge in [0.15, 0.2) is 0 Å². The highest BCUT2D eigenvalue weighted by Crippen LogP contribution is 2.20. The van der Waals surface area contributed by atoms with Crippen molar-refractivity contribution in [3.8, 4) is 5.88 Å². The molecule has 0 fully saturated rings. The van der Waals surface area contributed by atoms with E-state index < -0.39 is 0 Å². The number of pyridine rings is 1. The lowest BCUT2D eigenvalue weighted by atomic mass is 9.94. The molecule has 0 spiro atoms. The zero-order valence-corrected chi connectivity index (χ0v) is 11.5. The van der Waals surface area contributed by atoms with Gasteiger partial charge in [-0.05, 0) is 38.7 Å². The number of allylic oxidation sites excluding steroid dienone is 1. The summed E-state index contributed by atoms with van der Waals surface area (Å²) in [6.45, 7) is 2.03. The van der Waals surface area contributed by atoms with Gasteiger partial charge >= 0.3 is 0 Å². The molecule has 0 aromatic carbocycles. The molecule has 1 unspecified atom stereocenters. The molecule has 0 saturated carbocycles. The van der Waals surface area contributed by atoms with Crippen molar-refractivity contribution in [3.63, 3.8) is 0 Å². The van der Waals surface area contributed by atoms with Gasteiger partial charge in [0.05, 0.1) is 12.7 Å². The van der Waals surface area contributed by atoms with Crippen LogP contribution in [0, 0.1) is 0 Å². The summed E-state index contributed by atoms with van der Waals surface area (Å²) in [6, 6.07) is 3.51. The molecule has 0 aliphatic heterocycles. The SMILES string of the molecule is COc1ccc(C(=O)NC(C)C2=CCCCC2)cn1. The fourth-order valence-corrected chi connectivity index (χ4v) is 2.26. The van der Waals surface area contributed by atoms with E-state index in [4.69, 9.17) is 4.74 Å². The van der Waals surface area contributed by atoms with Crippen LogP contribution in [0.3, 0.4) is 0 Å². The highest BCUT2D eigenvalue weighted by molar-refractivity contribution is 5.94. The molecular weight excluding hydrogens is 240 g/mol. The molecule has 1 heterocycles. The first kappa shape index (κ1) is 13.6. The van der Waals surface area contributed by atoms with Crippen molar-refractivity contribution in [1.82, 2.24) is 10.3 Å². The summed E-state index contributed by atoms with van der Waals surface area (Å²) >= 11 is 0. The van der Waals surface area contributed by atoms with Crippen molar-refractivity contribution in [1.29, 1.82) is 0 Å². The number of nitrogens with zero attached hydrogens (tertiary/aromatic N) is 1. The van der Waals surface area contributed by atoms with Gasteiger partial charge in [0.2, 0.25) is 5.88 Å². The number of aromatic nitrogens is 1. The van der Waals surface area contributed by atoms with Gasteiger partial charge in [0.25, 0.3) is 5.91 Å². The molecule has 2 rings (SSSR count). The van der Waals surface area contributed by atoms with E-state index in [9.17, 15) is 4.79 Å². The Kier molecular flexibility index (Phi) is 4.55. The molecule has 0 radical (unpaired) electrons. The molecule has 1 N–H and O–H groups in total. The minimum Gasteiger partial charge on any atom is -0.481 e. The lowest BCUT2D eigenvalue weighted by molar-refractivity contribution is 0.0944. The number of hydrogen-bond donors (Lipinski definition) is 1. The minimum absolute atomic E-state index is 0.0888. The second-order valence-corrected chi connectivity index (χ2v) is 4.81. The second kappa shape index (κ2) is 6.36. The molecule has 4 heteroatoms. The van der Waals surface area contributed by atoms with Crippen LogP contribution in [-0.4, -0.2) is 24.0 Å². The summed E-state index contributed by atoms with van der Waals surface area (Å²) in [4.78, 5) is 16.1. The maximum Gasteiger partial charge on any atom is 0.253 e. The van der Waals surface area contributed by atoms with Crippen LogP contribution >= 0.6 is 0 Å². The van der Waals surface area contributed by atoms with E-state index >= 15 is 0 Å². The third-order valence-corrected chi connectivity index (χ3v) is 3.44. The summed E-state index contributed by atoms with van der Waals surface area (Å²) in [5.74, 6) is 0.425. The second-order valence-electron chi connectivity index (χ2n) is 4.81. The average molecular weight is 260 g/mol. The molecule has 1 aliphatic carbocycles. The highest BCUT2D eigenvalue weighted by Gasteiger charge is 2.15. The topological polar surface area (TPSA) is 51.2 Å². The van der Waals surface area contributed by atoms with Gasteiger partial charge < -0.3 is 10.1 Å². The number of carbonyl (C=O) groups excluding carboxylic acids is 1. The van der Waals surface area contributed by atoms with E-state index in [1.54, 1.807) is 19.2 Å². The van der Waals surface area contributed by atoms with Crippen molar-refractivity contribution in [2.75, 3.05) is 7.11 Å². The van der Waals surface area contributed by atoms with Gasteiger partial charge in [-0.15, -0.1) is 0 Å². The monoisotopic (exact) mass is 260 g/mol. The van der Waals surface area contributed by atoms with Crippen LogP contribution in [0.2, 0.25) is 0 Å². The standard InChI is InChI=1S/C15H20N2O2/c1-11(12-6-4-3-5-7-12)17-15(18)13-8-9-14(19-2)16-10-13/h6,8-11H,3-5,7H2,1-2H3,(H,17,18). The quantitative estimate of drug-likeness (QED) is 0.847. The summed E-state index contributed by atoms with van der Waals surface area (Å²) in [5, 5.41) is 3.02. The number of methoxy groups -OCH3 is 1. The van der Waals surface area contributed by atoms with Crippen molar-refractivity contribution in [2.45, 2.75) is 38.6 Å². The first-order valence-electron chi connectivity index (χ1n) is 6.70. The van der Waals surface area contributed by atoms with Gasteiger partial charge in [0.1, 0.15) is 0 Å². The lowest BCUT2D eigenvalue weighted by Gasteiger charge is -2.20. The van der Waals surface area contributed by atoms with Crippen LogP contribution in [0.1, 0.15) is 43.0 Å². The number of ether oxygens (including phenoxy) is 1. The zero-order valence-electron chi connectivity index (χ0n) is 11.5. The molecular formula is C15H20N2O2. The number of nitrogens with one attached hydrogen (secondary N) is 1. The van der Waals surface area contributed by atoms with E-state index in [-0.39, 0.29) is 11.9 Å². The van der Waals surface area contributed by atoms with E-state index in [0.29, 0.717) is 11.4 Å². The van der Waals surface area contributed by atoms with E-state index in [2.05, 4.69) is 16.4 Å². The van der Waals surface area contributed by atoms with Crippen molar-refractivity contribution in [2.24, 2.45) is 0 Å². The fraction of sp³-hybridized carbons (Fsp3) is 0.467. The summed E-state index contributed by atoms with van der Waals surface area (Å²) in [7, 11) is 1.56. The molecule has 1 aliphatic rings. The lowest BCUT2D eigenvalue weighted by Crippen LogP contribution is -2.34. The Hall–Kier alpha value is -1.84. The largest absolute Gasteiger partial charge is 0.481 e. The predicted molar refractivity (Wildman–Crippen MR) is 74.3 cm³/mol. The van der Waals surface area contributed by atoms with Crippen LogP contribution in [0.4, 0.5) is 0 Å². The summed E-state index contributed by atoms with van der Waals surface area (Å²) in [6.07, 6.45) is 8.47. The zero-order chi connectivity index (χ0) is 13.7. The smallest absolute Gasteiger partial charge is 0.253 e. The fourth-order valence-electron chi connectivity index (χ4n) is 2.26. The number of amides is 1. The summed E-state index contributed by atoms with van der Waals surface area (Å²) in [5.41, 5.74) is 1.89. The van der Waals surface area contributed by atoms with Crippen LogP contribution in [0.5, 0.6) is 5.88 Å². The van der Waals surface area contributed by atoms with Crippen molar-refractivity contribution in [3.05, 3.63) is 35.5 Å². The molecule has 1 atom stereocenters.